The van der Waals surface area contributed by atoms with E-state index in [9.17, 15) is 9.59 Å². The zero-order chi connectivity index (χ0) is 11.5. The van der Waals surface area contributed by atoms with Gasteiger partial charge in [0.05, 0.1) is 19.8 Å². The second-order valence-corrected chi connectivity index (χ2v) is 2.42. The number of carbonyl (C=O) groups is 2. The third-order valence-electron chi connectivity index (χ3n) is 1.28. The Labute approximate surface area is 88.0 Å². The predicted molar refractivity (Wildman–Crippen MR) is 52.8 cm³/mol. The molecule has 0 heterocycles. The number of hydrogen-bond donors (Lipinski definition) is 3. The highest BCUT2D eigenvalue weighted by atomic mass is 16.5. The fourth-order valence-electron chi connectivity index (χ4n) is 0.624. The fraction of sp³-hybridized carbons (Fsp3) is 0.556. The van der Waals surface area contributed by atoms with Gasteiger partial charge in [0.2, 0.25) is 0 Å². The Hall–Kier alpha value is -1.58. The first-order valence-corrected chi connectivity index (χ1v) is 4.41. The van der Waals surface area contributed by atoms with Crippen LogP contribution in [0.15, 0.2) is 0 Å². The number of aliphatic hydroxyl groups excluding tert-OH is 1. The summed E-state index contributed by atoms with van der Waals surface area (Å²) in [5.41, 5.74) is 0. The van der Waals surface area contributed by atoms with E-state index in [1.54, 1.807) is 0 Å². The lowest BCUT2D eigenvalue weighted by atomic mass is 10.5. The van der Waals surface area contributed by atoms with Crippen molar-refractivity contribution in [2.45, 2.75) is 0 Å². The van der Waals surface area contributed by atoms with Gasteiger partial charge in [-0.3, -0.25) is 9.59 Å². The molecule has 15 heavy (non-hydrogen) atoms. The molecule has 0 fully saturated rings. The molecule has 0 saturated carbocycles. The Morgan fingerprint density at radius 3 is 2.53 bits per heavy atom. The van der Waals surface area contributed by atoms with Gasteiger partial charge in [-0.25, -0.2) is 0 Å². The van der Waals surface area contributed by atoms with Gasteiger partial charge in [-0.15, -0.1) is 0 Å². The number of amides is 2. The summed E-state index contributed by atoms with van der Waals surface area (Å²) in [5, 5.41) is 13.0. The Morgan fingerprint density at radius 1 is 1.27 bits per heavy atom. The molecule has 3 N–H and O–H groups in total. The molecule has 0 bridgehead atoms. The summed E-state index contributed by atoms with van der Waals surface area (Å²) in [6.07, 6.45) is 0. The second-order valence-electron chi connectivity index (χ2n) is 2.42. The molecule has 0 spiro atoms. The van der Waals surface area contributed by atoms with E-state index in [1.807, 2.05) is 0 Å². The molecule has 0 rings (SSSR count). The van der Waals surface area contributed by atoms with Crippen LogP contribution in [0.3, 0.4) is 0 Å². The van der Waals surface area contributed by atoms with Crippen molar-refractivity contribution in [2.75, 3.05) is 33.4 Å². The number of aliphatic hydroxyl groups is 1. The lowest BCUT2D eigenvalue weighted by Crippen LogP contribution is -2.26. The molecule has 0 aliphatic rings. The van der Waals surface area contributed by atoms with E-state index in [2.05, 4.69) is 22.5 Å². The lowest BCUT2D eigenvalue weighted by Gasteiger charge is -2.01. The molecule has 6 nitrogen and oxygen atoms in total. The van der Waals surface area contributed by atoms with E-state index in [-0.39, 0.29) is 13.2 Å². The number of rotatable bonds is 5. The molecular formula is C9H14N2O4. The van der Waals surface area contributed by atoms with Gasteiger partial charge >= 0.3 is 0 Å². The molecule has 0 aromatic carbocycles. The highest BCUT2D eigenvalue weighted by Crippen LogP contribution is 1.71. The summed E-state index contributed by atoms with van der Waals surface area (Å²) >= 11 is 0. The van der Waals surface area contributed by atoms with Gasteiger partial charge in [-0.1, -0.05) is 0 Å². The summed E-state index contributed by atoms with van der Waals surface area (Å²) < 4.78 is 4.89. The molecule has 0 aliphatic carbocycles. The summed E-state index contributed by atoms with van der Waals surface area (Å²) in [4.78, 5) is 21.5. The minimum atomic E-state index is -0.536. The van der Waals surface area contributed by atoms with Crippen molar-refractivity contribution < 1.29 is 19.4 Å². The fourth-order valence-corrected chi connectivity index (χ4v) is 0.624. The van der Waals surface area contributed by atoms with Crippen LogP contribution in [0.4, 0.5) is 0 Å². The number of ether oxygens (including phenoxy) is 1. The molecule has 0 atom stereocenters. The van der Waals surface area contributed by atoms with Crippen LogP contribution in [0.1, 0.15) is 0 Å². The van der Waals surface area contributed by atoms with Crippen LogP contribution < -0.4 is 10.6 Å². The van der Waals surface area contributed by atoms with Crippen LogP contribution >= 0.6 is 0 Å². The monoisotopic (exact) mass is 214 g/mol. The van der Waals surface area contributed by atoms with Crippen molar-refractivity contribution in [3.05, 3.63) is 0 Å². The van der Waals surface area contributed by atoms with Crippen LogP contribution in [0.5, 0.6) is 0 Å². The molecule has 2 amide bonds. The first-order chi connectivity index (χ1) is 7.20. The highest BCUT2D eigenvalue weighted by Gasteiger charge is 1.95. The molecule has 0 aromatic heterocycles. The first-order valence-electron chi connectivity index (χ1n) is 4.41. The van der Waals surface area contributed by atoms with E-state index < -0.39 is 11.8 Å². The standard InChI is InChI=1S/C9H14N2O4/c1-10-8(13)2-3-9(14)11-4-6-15-7-5-12/h12H,4-7H2,1H3,(H,10,13)(H,11,14). The zero-order valence-corrected chi connectivity index (χ0v) is 8.50. The van der Waals surface area contributed by atoms with Gasteiger partial charge in [0.1, 0.15) is 0 Å². The minimum absolute atomic E-state index is 0.0512. The first kappa shape index (κ1) is 13.4. The number of carbonyl (C=O) groups excluding carboxylic acids is 2. The maximum Gasteiger partial charge on any atom is 0.296 e. The van der Waals surface area contributed by atoms with Crippen LogP contribution in [0.25, 0.3) is 0 Å². The van der Waals surface area contributed by atoms with E-state index in [4.69, 9.17) is 9.84 Å². The Bertz CT molecular complexity index is 267. The average molecular weight is 214 g/mol. The zero-order valence-electron chi connectivity index (χ0n) is 8.50. The van der Waals surface area contributed by atoms with Crippen molar-refractivity contribution in [3.8, 4) is 11.8 Å². The van der Waals surface area contributed by atoms with Gasteiger partial charge in [0, 0.05) is 25.4 Å². The maximum absolute atomic E-state index is 10.9. The molecule has 0 unspecified atom stereocenters. The molecular weight excluding hydrogens is 200 g/mol. The van der Waals surface area contributed by atoms with E-state index in [0.29, 0.717) is 13.2 Å². The van der Waals surface area contributed by atoms with Gasteiger partial charge in [-0.05, 0) is 0 Å². The summed E-state index contributed by atoms with van der Waals surface area (Å²) in [7, 11) is 1.43. The molecule has 6 heteroatoms. The van der Waals surface area contributed by atoms with Gasteiger partial charge in [0.25, 0.3) is 11.8 Å². The van der Waals surface area contributed by atoms with E-state index in [1.165, 1.54) is 7.05 Å². The van der Waals surface area contributed by atoms with Crippen molar-refractivity contribution in [1.29, 1.82) is 0 Å². The third kappa shape index (κ3) is 8.74. The average Bonchev–Trinajstić information content (AvgIpc) is 2.25. The Balaban J connectivity index is 3.56. The van der Waals surface area contributed by atoms with Crippen LogP contribution in [0, 0.1) is 11.8 Å². The summed E-state index contributed by atoms with van der Waals surface area (Å²) in [6.45, 7) is 0.777. The van der Waals surface area contributed by atoms with Gasteiger partial charge in [-0.2, -0.15) is 0 Å². The largest absolute Gasteiger partial charge is 0.394 e. The highest BCUT2D eigenvalue weighted by molar-refractivity contribution is 6.02. The van der Waals surface area contributed by atoms with Crippen molar-refractivity contribution in [1.82, 2.24) is 10.6 Å². The summed E-state index contributed by atoms with van der Waals surface area (Å²) in [5.74, 6) is 3.15. The maximum atomic E-state index is 10.9. The quantitative estimate of drug-likeness (QED) is 0.360. The predicted octanol–water partition coefficient (Wildman–Crippen LogP) is -2.14. The van der Waals surface area contributed by atoms with Crippen LogP contribution in [0.2, 0.25) is 0 Å². The van der Waals surface area contributed by atoms with Crippen molar-refractivity contribution >= 4 is 11.8 Å². The molecule has 84 valence electrons. The normalized spacial score (nSPS) is 8.67. The van der Waals surface area contributed by atoms with Gasteiger partial charge < -0.3 is 20.5 Å². The molecule has 0 aromatic rings. The van der Waals surface area contributed by atoms with E-state index in [0.717, 1.165) is 0 Å². The minimum Gasteiger partial charge on any atom is -0.394 e. The molecule has 0 saturated heterocycles. The smallest absolute Gasteiger partial charge is 0.296 e. The molecule has 0 aliphatic heterocycles. The summed E-state index contributed by atoms with van der Waals surface area (Å²) in [6, 6.07) is 0. The second kappa shape index (κ2) is 8.99. The topological polar surface area (TPSA) is 87.7 Å². The number of hydrogen-bond acceptors (Lipinski definition) is 4. The SMILES string of the molecule is CNC(=O)C#CC(=O)NCCOCCO. The molecule has 0 radical (unpaired) electrons. The third-order valence-corrected chi connectivity index (χ3v) is 1.28. The Kier molecular flexibility index (Phi) is 8.05. The van der Waals surface area contributed by atoms with Crippen molar-refractivity contribution in [2.24, 2.45) is 0 Å². The van der Waals surface area contributed by atoms with Gasteiger partial charge in [0.15, 0.2) is 0 Å². The van der Waals surface area contributed by atoms with E-state index >= 15 is 0 Å². The van der Waals surface area contributed by atoms with Crippen LogP contribution in [-0.4, -0.2) is 50.3 Å². The lowest BCUT2D eigenvalue weighted by molar-refractivity contribution is -0.117. The van der Waals surface area contributed by atoms with Crippen molar-refractivity contribution in [3.63, 3.8) is 0 Å². The Morgan fingerprint density at radius 2 is 1.93 bits per heavy atom. The van der Waals surface area contributed by atoms with Crippen LogP contribution in [-0.2, 0) is 14.3 Å². The number of nitrogens with one attached hydrogen (secondary N) is 2.